The Morgan fingerprint density at radius 3 is 2.60 bits per heavy atom. The van der Waals surface area contributed by atoms with Gasteiger partial charge in [0.2, 0.25) is 0 Å². The van der Waals surface area contributed by atoms with E-state index in [-0.39, 0.29) is 0 Å². The zero-order valence-electron chi connectivity index (χ0n) is 16.6. The number of rotatable bonds is 7. The molecule has 0 bridgehead atoms. The molecule has 4 nitrogen and oxygen atoms in total. The van der Waals surface area contributed by atoms with E-state index in [9.17, 15) is 0 Å². The van der Waals surface area contributed by atoms with Gasteiger partial charge in [-0.05, 0) is 64.6 Å². The molecule has 0 saturated carbocycles. The third-order valence-electron chi connectivity index (χ3n) is 4.89. The molecule has 140 valence electrons. The van der Waals surface area contributed by atoms with E-state index in [0.717, 1.165) is 38.6 Å². The lowest BCUT2D eigenvalue weighted by molar-refractivity contribution is 0.186. The number of hydrogen-bond donors (Lipinski definition) is 2. The largest absolute Gasteiger partial charge is 0.357 e. The van der Waals surface area contributed by atoms with Crippen LogP contribution in [0.1, 0.15) is 43.4 Å². The molecule has 1 aliphatic heterocycles. The summed E-state index contributed by atoms with van der Waals surface area (Å²) in [7, 11) is 0. The Morgan fingerprint density at radius 1 is 1.16 bits per heavy atom. The Labute approximate surface area is 154 Å². The SMILES string of the molecule is CCNC(=NCC1CCCN(CC)C1)NCCc1cc(C)cc(C)c1. The highest BCUT2D eigenvalue weighted by atomic mass is 15.2. The first-order valence-electron chi connectivity index (χ1n) is 9.92. The molecule has 2 rings (SSSR count). The van der Waals surface area contributed by atoms with Crippen LogP contribution in [0.3, 0.4) is 0 Å². The van der Waals surface area contributed by atoms with Crippen LogP contribution in [-0.4, -0.2) is 50.1 Å². The molecular formula is C21H36N4. The second-order valence-electron chi connectivity index (χ2n) is 7.29. The summed E-state index contributed by atoms with van der Waals surface area (Å²) in [4.78, 5) is 7.39. The van der Waals surface area contributed by atoms with Crippen molar-refractivity contribution in [2.75, 3.05) is 39.3 Å². The van der Waals surface area contributed by atoms with Gasteiger partial charge in [0.05, 0.1) is 0 Å². The van der Waals surface area contributed by atoms with Crippen LogP contribution >= 0.6 is 0 Å². The van der Waals surface area contributed by atoms with Crippen molar-refractivity contribution < 1.29 is 0 Å². The van der Waals surface area contributed by atoms with Crippen molar-refractivity contribution in [2.24, 2.45) is 10.9 Å². The van der Waals surface area contributed by atoms with Crippen molar-refractivity contribution >= 4 is 5.96 Å². The first-order chi connectivity index (χ1) is 12.1. The third kappa shape index (κ3) is 7.07. The number of nitrogens with one attached hydrogen (secondary N) is 2. The first kappa shape index (κ1) is 19.8. The predicted molar refractivity (Wildman–Crippen MR) is 108 cm³/mol. The van der Waals surface area contributed by atoms with Gasteiger partial charge in [0.15, 0.2) is 5.96 Å². The van der Waals surface area contributed by atoms with Crippen LogP contribution < -0.4 is 10.6 Å². The Morgan fingerprint density at radius 2 is 1.92 bits per heavy atom. The third-order valence-corrected chi connectivity index (χ3v) is 4.89. The fourth-order valence-corrected chi connectivity index (χ4v) is 3.69. The minimum Gasteiger partial charge on any atom is -0.357 e. The first-order valence-corrected chi connectivity index (χ1v) is 9.92. The Kier molecular flexibility index (Phi) is 8.26. The predicted octanol–water partition coefficient (Wildman–Crippen LogP) is 3.13. The van der Waals surface area contributed by atoms with Crippen LogP contribution in [0, 0.1) is 19.8 Å². The topological polar surface area (TPSA) is 39.7 Å². The van der Waals surface area contributed by atoms with Crippen LogP contribution in [0.4, 0.5) is 0 Å². The number of likely N-dealkylation sites (tertiary alicyclic amines) is 1. The summed E-state index contributed by atoms with van der Waals surface area (Å²) < 4.78 is 0. The number of hydrogen-bond acceptors (Lipinski definition) is 2. The van der Waals surface area contributed by atoms with E-state index in [0.29, 0.717) is 5.92 Å². The van der Waals surface area contributed by atoms with E-state index in [1.165, 1.54) is 42.6 Å². The van der Waals surface area contributed by atoms with Gasteiger partial charge >= 0.3 is 0 Å². The van der Waals surface area contributed by atoms with Crippen LogP contribution in [-0.2, 0) is 6.42 Å². The molecule has 1 saturated heterocycles. The number of benzene rings is 1. The van der Waals surface area contributed by atoms with E-state index in [2.05, 4.69) is 61.4 Å². The Balaban J connectivity index is 1.82. The average Bonchev–Trinajstić information content (AvgIpc) is 2.59. The lowest BCUT2D eigenvalue weighted by Crippen LogP contribution is -2.40. The summed E-state index contributed by atoms with van der Waals surface area (Å²) in [6, 6.07) is 6.78. The van der Waals surface area contributed by atoms with Gasteiger partial charge in [-0.15, -0.1) is 0 Å². The number of piperidine rings is 1. The van der Waals surface area contributed by atoms with Gasteiger partial charge in [-0.1, -0.05) is 36.2 Å². The van der Waals surface area contributed by atoms with Crippen LogP contribution in [0.5, 0.6) is 0 Å². The molecule has 1 heterocycles. The Bertz CT molecular complexity index is 533. The van der Waals surface area contributed by atoms with E-state index in [1.54, 1.807) is 0 Å². The number of guanidine groups is 1. The van der Waals surface area contributed by atoms with Gasteiger partial charge in [0.25, 0.3) is 0 Å². The summed E-state index contributed by atoms with van der Waals surface area (Å²) in [5, 5.41) is 6.88. The van der Waals surface area contributed by atoms with Crippen molar-refractivity contribution in [1.29, 1.82) is 0 Å². The average molecular weight is 345 g/mol. The number of aryl methyl sites for hydroxylation is 2. The summed E-state index contributed by atoms with van der Waals surface area (Å²) >= 11 is 0. The smallest absolute Gasteiger partial charge is 0.191 e. The maximum atomic E-state index is 4.84. The molecule has 1 aromatic rings. The van der Waals surface area contributed by atoms with Gasteiger partial charge in [0, 0.05) is 26.2 Å². The van der Waals surface area contributed by atoms with E-state index >= 15 is 0 Å². The van der Waals surface area contributed by atoms with Gasteiger partial charge in [-0.25, -0.2) is 0 Å². The molecule has 0 amide bonds. The highest BCUT2D eigenvalue weighted by Crippen LogP contribution is 2.16. The molecule has 0 aromatic heterocycles. The fraction of sp³-hybridized carbons (Fsp3) is 0.667. The lowest BCUT2D eigenvalue weighted by atomic mass is 9.98. The maximum Gasteiger partial charge on any atom is 0.191 e. The van der Waals surface area contributed by atoms with Crippen molar-refractivity contribution in [3.05, 3.63) is 34.9 Å². The summed E-state index contributed by atoms with van der Waals surface area (Å²) in [5.41, 5.74) is 4.08. The molecule has 2 N–H and O–H groups in total. The highest BCUT2D eigenvalue weighted by Gasteiger charge is 2.18. The van der Waals surface area contributed by atoms with E-state index in [1.807, 2.05) is 0 Å². The molecular weight excluding hydrogens is 308 g/mol. The van der Waals surface area contributed by atoms with Crippen molar-refractivity contribution in [3.8, 4) is 0 Å². The molecule has 25 heavy (non-hydrogen) atoms. The van der Waals surface area contributed by atoms with Crippen LogP contribution in [0.25, 0.3) is 0 Å². The summed E-state index contributed by atoms with van der Waals surface area (Å²) in [5.74, 6) is 1.66. The minimum absolute atomic E-state index is 0.698. The van der Waals surface area contributed by atoms with Gasteiger partial charge < -0.3 is 15.5 Å². The van der Waals surface area contributed by atoms with Crippen molar-refractivity contribution in [1.82, 2.24) is 15.5 Å². The molecule has 0 spiro atoms. The molecule has 0 radical (unpaired) electrons. The zero-order valence-corrected chi connectivity index (χ0v) is 16.6. The number of nitrogens with zero attached hydrogens (tertiary/aromatic N) is 2. The van der Waals surface area contributed by atoms with Gasteiger partial charge in [-0.3, -0.25) is 4.99 Å². The zero-order chi connectivity index (χ0) is 18.1. The van der Waals surface area contributed by atoms with Crippen molar-refractivity contribution in [2.45, 2.75) is 47.0 Å². The molecule has 1 unspecified atom stereocenters. The molecule has 4 heteroatoms. The fourth-order valence-electron chi connectivity index (χ4n) is 3.69. The molecule has 1 fully saturated rings. The normalized spacial score (nSPS) is 19.0. The van der Waals surface area contributed by atoms with Crippen molar-refractivity contribution in [3.63, 3.8) is 0 Å². The van der Waals surface area contributed by atoms with E-state index < -0.39 is 0 Å². The Hall–Kier alpha value is -1.55. The standard InChI is InChI=1S/C21H36N4/c1-5-22-21(24-15-20-8-7-11-25(6-2)16-20)23-10-9-19-13-17(3)12-18(4)14-19/h12-14,20H,5-11,15-16H2,1-4H3,(H2,22,23,24). The molecule has 1 atom stereocenters. The highest BCUT2D eigenvalue weighted by molar-refractivity contribution is 5.79. The monoisotopic (exact) mass is 344 g/mol. The van der Waals surface area contributed by atoms with E-state index in [4.69, 9.17) is 4.99 Å². The number of aliphatic imine (C=N–C) groups is 1. The molecule has 1 aliphatic rings. The minimum atomic E-state index is 0.698. The summed E-state index contributed by atoms with van der Waals surface area (Å²) in [6.45, 7) is 15.1. The molecule has 1 aromatic carbocycles. The summed E-state index contributed by atoms with van der Waals surface area (Å²) in [6.07, 6.45) is 3.65. The quantitative estimate of drug-likeness (QED) is 0.590. The van der Waals surface area contributed by atoms with Crippen LogP contribution in [0.2, 0.25) is 0 Å². The second-order valence-corrected chi connectivity index (χ2v) is 7.29. The lowest BCUT2D eigenvalue weighted by Gasteiger charge is -2.31. The maximum absolute atomic E-state index is 4.84. The van der Waals surface area contributed by atoms with Crippen LogP contribution in [0.15, 0.2) is 23.2 Å². The molecule has 0 aliphatic carbocycles. The van der Waals surface area contributed by atoms with Gasteiger partial charge in [0.1, 0.15) is 0 Å². The second kappa shape index (κ2) is 10.4. The van der Waals surface area contributed by atoms with Gasteiger partial charge in [-0.2, -0.15) is 0 Å².